The Morgan fingerprint density at radius 1 is 1.41 bits per heavy atom. The van der Waals surface area contributed by atoms with Gasteiger partial charge in [-0.2, -0.15) is 4.98 Å². The predicted molar refractivity (Wildman–Crippen MR) is 67.8 cm³/mol. The van der Waals surface area contributed by atoms with Gasteiger partial charge in [0.1, 0.15) is 0 Å². The molecule has 0 saturated heterocycles. The summed E-state index contributed by atoms with van der Waals surface area (Å²) >= 11 is 5.48. The van der Waals surface area contributed by atoms with Crippen LogP contribution in [0, 0.1) is 0 Å². The van der Waals surface area contributed by atoms with Crippen LogP contribution in [0.4, 0.5) is 5.95 Å². The van der Waals surface area contributed by atoms with Crippen LogP contribution in [0.2, 0.25) is 0 Å². The van der Waals surface area contributed by atoms with Gasteiger partial charge >= 0.3 is 0 Å². The van der Waals surface area contributed by atoms with E-state index in [4.69, 9.17) is 21.1 Å². The minimum absolute atomic E-state index is 0.535. The minimum atomic E-state index is 0.535. The van der Waals surface area contributed by atoms with E-state index in [1.807, 2.05) is 6.92 Å². The Hall–Kier alpha value is -1.07. The first kappa shape index (κ1) is 14.0. The lowest BCUT2D eigenvalue weighted by Gasteiger charge is -2.06. The van der Waals surface area contributed by atoms with Gasteiger partial charge in [0.25, 0.3) is 0 Å². The summed E-state index contributed by atoms with van der Waals surface area (Å²) in [6.07, 6.45) is 2.56. The van der Waals surface area contributed by atoms with Crippen LogP contribution in [0.25, 0.3) is 0 Å². The normalized spacial score (nSPS) is 10.2. The summed E-state index contributed by atoms with van der Waals surface area (Å²) in [6, 6.07) is 1.73. The number of anilines is 1. The summed E-state index contributed by atoms with van der Waals surface area (Å²) in [5.41, 5.74) is 0. The maximum Gasteiger partial charge on any atom is 0.225 e. The number of nitrogens with one attached hydrogen (secondary N) is 1. The van der Waals surface area contributed by atoms with Gasteiger partial charge in [-0.15, -0.1) is 11.6 Å². The SMILES string of the molecule is CCOc1ccnc(NCCCOCCCl)n1. The minimum Gasteiger partial charge on any atom is -0.478 e. The summed E-state index contributed by atoms with van der Waals surface area (Å²) in [5.74, 6) is 1.70. The number of ether oxygens (including phenoxy) is 2. The van der Waals surface area contributed by atoms with E-state index < -0.39 is 0 Å². The zero-order valence-electron chi connectivity index (χ0n) is 9.99. The Bertz CT molecular complexity index is 313. The summed E-state index contributed by atoms with van der Waals surface area (Å²) < 4.78 is 10.5. The number of rotatable bonds is 9. The van der Waals surface area contributed by atoms with Gasteiger partial charge in [0.05, 0.1) is 13.2 Å². The van der Waals surface area contributed by atoms with Crippen LogP contribution in [0.1, 0.15) is 13.3 Å². The highest BCUT2D eigenvalue weighted by atomic mass is 35.5. The molecule has 0 saturated carbocycles. The molecular formula is C11H18ClN3O2. The van der Waals surface area contributed by atoms with Crippen LogP contribution in [0.5, 0.6) is 5.88 Å². The zero-order valence-corrected chi connectivity index (χ0v) is 10.7. The van der Waals surface area contributed by atoms with Crippen molar-refractivity contribution in [3.05, 3.63) is 12.3 Å². The van der Waals surface area contributed by atoms with Crippen LogP contribution < -0.4 is 10.1 Å². The van der Waals surface area contributed by atoms with Gasteiger partial charge in [-0.3, -0.25) is 0 Å². The topological polar surface area (TPSA) is 56.3 Å². The van der Waals surface area contributed by atoms with E-state index in [2.05, 4.69) is 15.3 Å². The molecule has 0 bridgehead atoms. The van der Waals surface area contributed by atoms with Crippen molar-refractivity contribution in [2.24, 2.45) is 0 Å². The van der Waals surface area contributed by atoms with Crippen LogP contribution in [-0.4, -0.2) is 42.2 Å². The molecule has 1 aromatic rings. The first-order valence-electron chi connectivity index (χ1n) is 5.70. The largest absolute Gasteiger partial charge is 0.478 e. The fourth-order valence-corrected chi connectivity index (χ4v) is 1.30. The molecule has 0 fully saturated rings. The highest BCUT2D eigenvalue weighted by Gasteiger charge is 1.98. The fraction of sp³-hybridized carbons (Fsp3) is 0.636. The number of aromatic nitrogens is 2. The molecule has 0 aliphatic carbocycles. The Morgan fingerprint density at radius 3 is 3.06 bits per heavy atom. The second-order valence-electron chi connectivity index (χ2n) is 3.23. The molecule has 1 heterocycles. The van der Waals surface area contributed by atoms with Crippen molar-refractivity contribution in [2.75, 3.05) is 37.6 Å². The fourth-order valence-electron chi connectivity index (χ4n) is 1.19. The van der Waals surface area contributed by atoms with E-state index in [-0.39, 0.29) is 0 Å². The highest BCUT2D eigenvalue weighted by molar-refractivity contribution is 6.17. The first-order chi connectivity index (χ1) is 8.36. The van der Waals surface area contributed by atoms with Gasteiger partial charge in [-0.05, 0) is 13.3 Å². The molecule has 1 aromatic heterocycles. The Balaban J connectivity index is 2.19. The average molecular weight is 260 g/mol. The highest BCUT2D eigenvalue weighted by Crippen LogP contribution is 2.07. The number of hydrogen-bond acceptors (Lipinski definition) is 5. The Kier molecular flexibility index (Phi) is 7.42. The molecule has 17 heavy (non-hydrogen) atoms. The van der Waals surface area contributed by atoms with Crippen LogP contribution in [0.15, 0.2) is 12.3 Å². The molecular weight excluding hydrogens is 242 g/mol. The number of alkyl halides is 1. The third-order valence-corrected chi connectivity index (χ3v) is 2.05. The Labute approximate surface area is 107 Å². The van der Waals surface area contributed by atoms with Crippen molar-refractivity contribution < 1.29 is 9.47 Å². The molecule has 0 aliphatic heterocycles. The quantitative estimate of drug-likeness (QED) is 0.543. The molecule has 96 valence electrons. The van der Waals surface area contributed by atoms with Crippen molar-refractivity contribution >= 4 is 17.5 Å². The molecule has 0 unspecified atom stereocenters. The molecule has 0 aliphatic rings. The standard InChI is InChI=1S/C11H18ClN3O2/c1-2-17-10-4-7-14-11(15-10)13-6-3-8-16-9-5-12/h4,7H,2-3,5-6,8-9H2,1H3,(H,13,14,15). The van der Waals surface area contributed by atoms with Crippen molar-refractivity contribution in [1.82, 2.24) is 9.97 Å². The molecule has 0 radical (unpaired) electrons. The molecule has 1 N–H and O–H groups in total. The number of hydrogen-bond donors (Lipinski definition) is 1. The van der Waals surface area contributed by atoms with Crippen molar-refractivity contribution in [2.45, 2.75) is 13.3 Å². The lowest BCUT2D eigenvalue weighted by molar-refractivity contribution is 0.149. The van der Waals surface area contributed by atoms with Gasteiger partial charge in [-0.25, -0.2) is 4.98 Å². The van der Waals surface area contributed by atoms with Crippen LogP contribution in [-0.2, 0) is 4.74 Å². The van der Waals surface area contributed by atoms with Gasteiger partial charge in [0, 0.05) is 31.3 Å². The van der Waals surface area contributed by atoms with Crippen molar-refractivity contribution in [3.63, 3.8) is 0 Å². The number of halogens is 1. The third kappa shape index (κ3) is 6.28. The van der Waals surface area contributed by atoms with E-state index in [1.165, 1.54) is 0 Å². The third-order valence-electron chi connectivity index (χ3n) is 1.89. The lowest BCUT2D eigenvalue weighted by atomic mass is 10.4. The van der Waals surface area contributed by atoms with Crippen LogP contribution in [0.3, 0.4) is 0 Å². The second kappa shape index (κ2) is 9.01. The second-order valence-corrected chi connectivity index (χ2v) is 3.61. The van der Waals surface area contributed by atoms with Gasteiger partial charge in [0.2, 0.25) is 11.8 Å². The summed E-state index contributed by atoms with van der Waals surface area (Å²) in [6.45, 7) is 4.56. The predicted octanol–water partition coefficient (Wildman–Crippen LogP) is 1.93. The lowest BCUT2D eigenvalue weighted by Crippen LogP contribution is -2.09. The Morgan fingerprint density at radius 2 is 2.29 bits per heavy atom. The molecule has 0 atom stereocenters. The van der Waals surface area contributed by atoms with Crippen molar-refractivity contribution in [1.29, 1.82) is 0 Å². The molecule has 0 spiro atoms. The maximum atomic E-state index is 5.48. The van der Waals surface area contributed by atoms with E-state index in [0.717, 1.165) is 13.0 Å². The van der Waals surface area contributed by atoms with Crippen LogP contribution >= 0.6 is 11.6 Å². The van der Waals surface area contributed by atoms with Crippen molar-refractivity contribution in [3.8, 4) is 5.88 Å². The number of nitrogens with zero attached hydrogens (tertiary/aromatic N) is 2. The molecule has 5 nitrogen and oxygen atoms in total. The van der Waals surface area contributed by atoms with E-state index in [1.54, 1.807) is 12.3 Å². The van der Waals surface area contributed by atoms with E-state index >= 15 is 0 Å². The molecule has 0 amide bonds. The summed E-state index contributed by atoms with van der Waals surface area (Å²) in [7, 11) is 0. The zero-order chi connectivity index (χ0) is 12.3. The molecule has 1 rings (SSSR count). The summed E-state index contributed by atoms with van der Waals surface area (Å²) in [5, 5.41) is 3.11. The van der Waals surface area contributed by atoms with E-state index in [9.17, 15) is 0 Å². The average Bonchev–Trinajstić information content (AvgIpc) is 2.35. The maximum absolute atomic E-state index is 5.48. The monoisotopic (exact) mass is 259 g/mol. The first-order valence-corrected chi connectivity index (χ1v) is 6.23. The summed E-state index contributed by atoms with van der Waals surface area (Å²) in [4.78, 5) is 8.28. The van der Waals surface area contributed by atoms with Gasteiger partial charge in [-0.1, -0.05) is 0 Å². The molecule has 0 aromatic carbocycles. The van der Waals surface area contributed by atoms with E-state index in [0.29, 0.717) is 37.5 Å². The molecule has 6 heteroatoms. The van der Waals surface area contributed by atoms with Gasteiger partial charge < -0.3 is 14.8 Å². The smallest absolute Gasteiger partial charge is 0.225 e. The van der Waals surface area contributed by atoms with Gasteiger partial charge in [0.15, 0.2) is 0 Å².